The summed E-state index contributed by atoms with van der Waals surface area (Å²) in [4.78, 5) is 26.0. The maximum absolute atomic E-state index is 11.2. The molecule has 0 saturated heterocycles. The molecule has 0 radical (unpaired) electrons. The van der Waals surface area contributed by atoms with Crippen LogP contribution in [-0.4, -0.2) is 31.0 Å². The molecule has 3 aromatic rings. The van der Waals surface area contributed by atoms with Crippen molar-refractivity contribution in [2.75, 3.05) is 0 Å². The number of ether oxygens (including phenoxy) is 1. The zero-order chi connectivity index (χ0) is 14.1. The molecule has 0 saturated carbocycles. The van der Waals surface area contributed by atoms with Crippen LogP contribution in [-0.2, 0) is 0 Å². The van der Waals surface area contributed by atoms with Crippen molar-refractivity contribution in [1.29, 1.82) is 0 Å². The summed E-state index contributed by atoms with van der Waals surface area (Å²) in [6, 6.07) is 4.64. The molecule has 2 heterocycles. The molecule has 0 fully saturated rings. The zero-order valence-electron chi connectivity index (χ0n) is 9.87. The highest BCUT2D eigenvalue weighted by Crippen LogP contribution is 2.30. The Morgan fingerprint density at radius 1 is 1.30 bits per heavy atom. The number of aromatic amines is 1. The van der Waals surface area contributed by atoms with E-state index >= 15 is 0 Å². The lowest BCUT2D eigenvalue weighted by Gasteiger charge is -2.08. The standard InChI is InChI=1S/C12H7BrN4O3/c13-6-1-2-7(12(18)19)8(3-6)20-11-9-10(15-4-14-9)16-5-17-11/h1-5H,(H,18,19)(H,14,15,16,17). The molecule has 100 valence electrons. The first-order valence-electron chi connectivity index (χ1n) is 5.50. The molecule has 0 aliphatic heterocycles. The summed E-state index contributed by atoms with van der Waals surface area (Å²) in [7, 11) is 0. The minimum atomic E-state index is -1.08. The van der Waals surface area contributed by atoms with Gasteiger partial charge in [0.15, 0.2) is 5.65 Å². The Kier molecular flexibility index (Phi) is 3.07. The fraction of sp³-hybridized carbons (Fsp3) is 0. The number of rotatable bonds is 3. The molecule has 0 amide bonds. The van der Waals surface area contributed by atoms with Crippen molar-refractivity contribution >= 4 is 33.1 Å². The highest BCUT2D eigenvalue weighted by molar-refractivity contribution is 9.10. The van der Waals surface area contributed by atoms with Crippen LogP contribution in [0.1, 0.15) is 10.4 Å². The quantitative estimate of drug-likeness (QED) is 0.763. The van der Waals surface area contributed by atoms with Crippen LogP contribution in [0.4, 0.5) is 0 Å². The minimum absolute atomic E-state index is 0.0412. The van der Waals surface area contributed by atoms with E-state index in [0.29, 0.717) is 15.6 Å². The number of H-pyrrole nitrogens is 1. The predicted octanol–water partition coefficient (Wildman–Crippen LogP) is 2.61. The van der Waals surface area contributed by atoms with E-state index in [1.165, 1.54) is 18.7 Å². The first kappa shape index (κ1) is 12.5. The number of nitrogens with zero attached hydrogens (tertiary/aromatic N) is 3. The largest absolute Gasteiger partial charge is 0.478 e. The molecule has 8 heteroatoms. The second kappa shape index (κ2) is 4.89. The van der Waals surface area contributed by atoms with Gasteiger partial charge in [-0.1, -0.05) is 15.9 Å². The number of hydrogen-bond donors (Lipinski definition) is 2. The van der Waals surface area contributed by atoms with Crippen LogP contribution in [0.2, 0.25) is 0 Å². The van der Waals surface area contributed by atoms with Crippen molar-refractivity contribution in [1.82, 2.24) is 19.9 Å². The van der Waals surface area contributed by atoms with Crippen LogP contribution in [0.25, 0.3) is 11.2 Å². The molecular formula is C12H7BrN4O3. The van der Waals surface area contributed by atoms with Crippen LogP contribution in [0.5, 0.6) is 11.6 Å². The van der Waals surface area contributed by atoms with E-state index in [9.17, 15) is 4.79 Å². The number of nitrogens with one attached hydrogen (secondary N) is 1. The lowest BCUT2D eigenvalue weighted by Crippen LogP contribution is -2.01. The van der Waals surface area contributed by atoms with Gasteiger partial charge in [0.25, 0.3) is 0 Å². The van der Waals surface area contributed by atoms with Crippen molar-refractivity contribution in [2.45, 2.75) is 0 Å². The number of carbonyl (C=O) groups is 1. The summed E-state index contributed by atoms with van der Waals surface area (Å²) in [5, 5.41) is 9.16. The van der Waals surface area contributed by atoms with Crippen LogP contribution in [0.3, 0.4) is 0 Å². The minimum Gasteiger partial charge on any atom is -0.478 e. The fourth-order valence-corrected chi connectivity index (χ4v) is 2.02. The molecule has 0 aliphatic rings. The Labute approximate surface area is 120 Å². The van der Waals surface area contributed by atoms with Crippen molar-refractivity contribution in [3.05, 3.63) is 40.9 Å². The Morgan fingerprint density at radius 2 is 2.15 bits per heavy atom. The fourth-order valence-electron chi connectivity index (χ4n) is 1.68. The van der Waals surface area contributed by atoms with Crippen molar-refractivity contribution in [2.24, 2.45) is 0 Å². The predicted molar refractivity (Wildman–Crippen MR) is 72.9 cm³/mol. The number of imidazole rings is 1. The van der Waals surface area contributed by atoms with Gasteiger partial charge in [0.1, 0.15) is 23.2 Å². The van der Waals surface area contributed by atoms with E-state index in [1.807, 2.05) is 0 Å². The van der Waals surface area contributed by atoms with Crippen LogP contribution < -0.4 is 4.74 Å². The molecule has 1 aromatic carbocycles. The first-order valence-corrected chi connectivity index (χ1v) is 6.29. The monoisotopic (exact) mass is 334 g/mol. The third-order valence-electron chi connectivity index (χ3n) is 2.57. The van der Waals surface area contributed by atoms with E-state index in [0.717, 1.165) is 0 Å². The third-order valence-corrected chi connectivity index (χ3v) is 3.06. The molecule has 7 nitrogen and oxygen atoms in total. The van der Waals surface area contributed by atoms with E-state index in [-0.39, 0.29) is 17.2 Å². The van der Waals surface area contributed by atoms with Gasteiger partial charge in [0.05, 0.1) is 6.33 Å². The van der Waals surface area contributed by atoms with Gasteiger partial charge in [-0.15, -0.1) is 0 Å². The molecule has 0 spiro atoms. The smallest absolute Gasteiger partial charge is 0.339 e. The molecule has 0 unspecified atom stereocenters. The average Bonchev–Trinajstić information content (AvgIpc) is 2.88. The Bertz CT molecular complexity index is 802. The van der Waals surface area contributed by atoms with Gasteiger partial charge in [-0.25, -0.2) is 14.8 Å². The van der Waals surface area contributed by atoms with Crippen molar-refractivity contribution in [3.63, 3.8) is 0 Å². The molecule has 0 atom stereocenters. The number of hydrogen-bond acceptors (Lipinski definition) is 5. The van der Waals surface area contributed by atoms with Crippen LogP contribution in [0.15, 0.2) is 35.3 Å². The summed E-state index contributed by atoms with van der Waals surface area (Å²) in [6.45, 7) is 0. The second-order valence-corrected chi connectivity index (χ2v) is 4.74. The zero-order valence-corrected chi connectivity index (χ0v) is 11.5. The van der Waals surface area contributed by atoms with Gasteiger partial charge in [-0.3, -0.25) is 0 Å². The lowest BCUT2D eigenvalue weighted by molar-refractivity contribution is 0.0694. The summed E-state index contributed by atoms with van der Waals surface area (Å²) in [6.07, 6.45) is 2.77. The third kappa shape index (κ3) is 2.21. The van der Waals surface area contributed by atoms with Gasteiger partial charge >= 0.3 is 5.97 Å². The van der Waals surface area contributed by atoms with Gasteiger partial charge in [0, 0.05) is 4.47 Å². The number of carboxylic acids is 1. The number of halogens is 1. The molecule has 0 aliphatic carbocycles. The number of benzene rings is 1. The Hall–Kier alpha value is -2.48. The Morgan fingerprint density at radius 3 is 2.95 bits per heavy atom. The molecule has 2 N–H and O–H groups in total. The maximum atomic E-state index is 11.2. The van der Waals surface area contributed by atoms with Gasteiger partial charge < -0.3 is 14.8 Å². The number of fused-ring (bicyclic) bond motifs is 1. The number of carboxylic acid groups (broad SMARTS) is 1. The summed E-state index contributed by atoms with van der Waals surface area (Å²) in [5.41, 5.74) is 0.991. The number of aromatic carboxylic acids is 1. The van der Waals surface area contributed by atoms with Gasteiger partial charge in [-0.05, 0) is 18.2 Å². The molecule has 0 bridgehead atoms. The molecule has 20 heavy (non-hydrogen) atoms. The summed E-state index contributed by atoms with van der Waals surface area (Å²) < 4.78 is 6.29. The SMILES string of the molecule is O=C(O)c1ccc(Br)cc1Oc1ncnc2nc[nH]c12. The van der Waals surface area contributed by atoms with E-state index in [4.69, 9.17) is 9.84 Å². The van der Waals surface area contributed by atoms with E-state index in [2.05, 4.69) is 35.9 Å². The van der Waals surface area contributed by atoms with Crippen molar-refractivity contribution < 1.29 is 14.6 Å². The normalized spacial score (nSPS) is 10.7. The van der Waals surface area contributed by atoms with E-state index < -0.39 is 5.97 Å². The maximum Gasteiger partial charge on any atom is 0.339 e. The molecular weight excluding hydrogens is 328 g/mol. The topological polar surface area (TPSA) is 101 Å². The van der Waals surface area contributed by atoms with Gasteiger partial charge in [0.2, 0.25) is 5.88 Å². The van der Waals surface area contributed by atoms with Crippen LogP contribution in [0, 0.1) is 0 Å². The Balaban J connectivity index is 2.09. The van der Waals surface area contributed by atoms with Crippen molar-refractivity contribution in [3.8, 4) is 11.6 Å². The first-order chi connectivity index (χ1) is 9.65. The second-order valence-electron chi connectivity index (χ2n) is 3.83. The average molecular weight is 335 g/mol. The molecule has 3 rings (SSSR count). The number of aromatic nitrogens is 4. The van der Waals surface area contributed by atoms with E-state index in [1.54, 1.807) is 12.1 Å². The van der Waals surface area contributed by atoms with Gasteiger partial charge in [-0.2, -0.15) is 4.98 Å². The highest BCUT2D eigenvalue weighted by atomic mass is 79.9. The van der Waals surface area contributed by atoms with Crippen LogP contribution >= 0.6 is 15.9 Å². The molecule has 2 aromatic heterocycles. The summed E-state index contributed by atoms with van der Waals surface area (Å²) in [5.74, 6) is -0.683. The summed E-state index contributed by atoms with van der Waals surface area (Å²) >= 11 is 3.28. The lowest BCUT2D eigenvalue weighted by atomic mass is 10.2. The highest BCUT2D eigenvalue weighted by Gasteiger charge is 2.15.